The molecule has 13 heavy (non-hydrogen) atoms. The first-order valence-corrected chi connectivity index (χ1v) is 4.38. The summed E-state index contributed by atoms with van der Waals surface area (Å²) >= 11 is 0. The van der Waals surface area contributed by atoms with Crippen LogP contribution >= 0.6 is 0 Å². The van der Waals surface area contributed by atoms with Crippen LogP contribution in [0.2, 0.25) is 0 Å². The molecule has 0 aromatic heterocycles. The zero-order valence-corrected chi connectivity index (χ0v) is 7.31. The highest BCUT2D eigenvalue weighted by molar-refractivity contribution is 4.73. The van der Waals surface area contributed by atoms with Gasteiger partial charge >= 0.3 is 6.18 Å². The van der Waals surface area contributed by atoms with Crippen LogP contribution in [0.15, 0.2) is 0 Å². The van der Waals surface area contributed by atoms with E-state index in [1.165, 1.54) is 0 Å². The lowest BCUT2D eigenvalue weighted by Gasteiger charge is -2.18. The molecule has 1 aliphatic carbocycles. The summed E-state index contributed by atoms with van der Waals surface area (Å²) in [5.41, 5.74) is 4.99. The van der Waals surface area contributed by atoms with Crippen molar-refractivity contribution in [1.82, 2.24) is 0 Å². The Bertz CT molecular complexity index is 156. The molecule has 78 valence electrons. The van der Waals surface area contributed by atoms with E-state index in [4.69, 9.17) is 10.5 Å². The highest BCUT2D eigenvalue weighted by atomic mass is 19.4. The van der Waals surface area contributed by atoms with Crippen molar-refractivity contribution >= 4 is 0 Å². The smallest absolute Gasteiger partial charge is 0.380 e. The number of halogens is 3. The Morgan fingerprint density at radius 3 is 2.38 bits per heavy atom. The van der Waals surface area contributed by atoms with Crippen LogP contribution in [0.5, 0.6) is 0 Å². The average Bonchev–Trinajstić information content (AvgIpc) is 2.78. The largest absolute Gasteiger partial charge is 0.395 e. The Kier molecular flexibility index (Phi) is 3.55. The van der Waals surface area contributed by atoms with Crippen LogP contribution in [0.4, 0.5) is 13.2 Å². The van der Waals surface area contributed by atoms with Crippen molar-refractivity contribution in [3.8, 4) is 0 Å². The van der Waals surface area contributed by atoms with Gasteiger partial charge in [-0.2, -0.15) is 13.2 Å². The first-order chi connectivity index (χ1) is 6.04. The maximum absolute atomic E-state index is 12.1. The SMILES string of the molecule is NCC(COCC1CC1)C(F)(F)F. The van der Waals surface area contributed by atoms with Gasteiger partial charge in [-0.05, 0) is 18.8 Å². The molecule has 1 fully saturated rings. The summed E-state index contributed by atoms with van der Waals surface area (Å²) in [6.07, 6.45) is -2.06. The standard InChI is InChI=1S/C8H14F3NO/c9-8(10,11)7(3-12)5-13-4-6-1-2-6/h6-7H,1-5,12H2. The normalized spacial score (nSPS) is 20.3. The fraction of sp³-hybridized carbons (Fsp3) is 1.00. The van der Waals surface area contributed by atoms with E-state index in [1.54, 1.807) is 0 Å². The van der Waals surface area contributed by atoms with E-state index >= 15 is 0 Å². The molecule has 2 N–H and O–H groups in total. The van der Waals surface area contributed by atoms with Gasteiger partial charge in [0.25, 0.3) is 0 Å². The average molecular weight is 197 g/mol. The number of nitrogens with two attached hydrogens (primary N) is 1. The third kappa shape index (κ3) is 3.95. The van der Waals surface area contributed by atoms with Crippen molar-refractivity contribution in [1.29, 1.82) is 0 Å². The van der Waals surface area contributed by atoms with Gasteiger partial charge < -0.3 is 10.5 Å². The lowest BCUT2D eigenvalue weighted by atomic mass is 10.1. The van der Waals surface area contributed by atoms with E-state index in [9.17, 15) is 13.2 Å². The Morgan fingerprint density at radius 2 is 2.00 bits per heavy atom. The lowest BCUT2D eigenvalue weighted by molar-refractivity contribution is -0.185. The molecule has 1 unspecified atom stereocenters. The van der Waals surface area contributed by atoms with Crippen LogP contribution < -0.4 is 5.73 Å². The summed E-state index contributed by atoms with van der Waals surface area (Å²) in [5.74, 6) is -1.02. The molecule has 1 saturated carbocycles. The van der Waals surface area contributed by atoms with Crippen LogP contribution in [0.25, 0.3) is 0 Å². The van der Waals surface area contributed by atoms with Crippen molar-refractivity contribution in [2.75, 3.05) is 19.8 Å². The van der Waals surface area contributed by atoms with Crippen molar-refractivity contribution in [3.63, 3.8) is 0 Å². The van der Waals surface area contributed by atoms with E-state index in [0.717, 1.165) is 12.8 Å². The van der Waals surface area contributed by atoms with Crippen LogP contribution in [-0.2, 0) is 4.74 Å². The quantitative estimate of drug-likeness (QED) is 0.725. The van der Waals surface area contributed by atoms with E-state index in [-0.39, 0.29) is 6.61 Å². The molecule has 0 aromatic rings. The second-order valence-corrected chi connectivity index (χ2v) is 3.46. The molecule has 0 aromatic carbocycles. The predicted molar refractivity (Wildman–Crippen MR) is 42.1 cm³/mol. The fourth-order valence-corrected chi connectivity index (χ4v) is 0.958. The van der Waals surface area contributed by atoms with Crippen molar-refractivity contribution < 1.29 is 17.9 Å². The van der Waals surface area contributed by atoms with Crippen molar-refractivity contribution in [3.05, 3.63) is 0 Å². The van der Waals surface area contributed by atoms with E-state index < -0.39 is 18.6 Å². The minimum absolute atomic E-state index is 0.295. The Hall–Kier alpha value is -0.290. The van der Waals surface area contributed by atoms with E-state index in [1.807, 2.05) is 0 Å². The molecular weight excluding hydrogens is 183 g/mol. The number of alkyl halides is 3. The molecule has 0 aliphatic heterocycles. The predicted octanol–water partition coefficient (Wildman–Crippen LogP) is 1.55. The topological polar surface area (TPSA) is 35.2 Å². The summed E-state index contributed by atoms with van der Waals surface area (Å²) in [6, 6.07) is 0. The Morgan fingerprint density at radius 1 is 1.38 bits per heavy atom. The van der Waals surface area contributed by atoms with Crippen molar-refractivity contribution in [2.24, 2.45) is 17.6 Å². The first-order valence-electron chi connectivity index (χ1n) is 4.38. The molecule has 5 heteroatoms. The maximum atomic E-state index is 12.1. The summed E-state index contributed by atoms with van der Waals surface area (Å²) in [5, 5.41) is 0. The lowest BCUT2D eigenvalue weighted by Crippen LogP contribution is -2.34. The summed E-state index contributed by atoms with van der Waals surface area (Å²) < 4.78 is 41.2. The van der Waals surface area contributed by atoms with Crippen LogP contribution in [0.1, 0.15) is 12.8 Å². The highest BCUT2D eigenvalue weighted by Gasteiger charge is 2.38. The van der Waals surface area contributed by atoms with E-state index in [0.29, 0.717) is 12.5 Å². The van der Waals surface area contributed by atoms with Gasteiger partial charge in [0.2, 0.25) is 0 Å². The summed E-state index contributed by atoms with van der Waals surface area (Å²) in [6.45, 7) is -0.239. The van der Waals surface area contributed by atoms with Gasteiger partial charge in [-0.1, -0.05) is 0 Å². The van der Waals surface area contributed by atoms with Crippen molar-refractivity contribution in [2.45, 2.75) is 19.0 Å². The summed E-state index contributed by atoms with van der Waals surface area (Å²) in [4.78, 5) is 0. The van der Waals surface area contributed by atoms with Gasteiger partial charge in [0, 0.05) is 13.2 Å². The van der Waals surface area contributed by atoms with E-state index in [2.05, 4.69) is 0 Å². The van der Waals surface area contributed by atoms with Gasteiger partial charge in [0.15, 0.2) is 0 Å². The molecule has 0 amide bonds. The molecule has 1 aliphatic rings. The molecule has 1 atom stereocenters. The molecule has 0 bridgehead atoms. The Balaban J connectivity index is 2.14. The minimum atomic E-state index is -4.22. The minimum Gasteiger partial charge on any atom is -0.380 e. The molecule has 1 rings (SSSR count). The second kappa shape index (κ2) is 4.28. The molecule has 0 saturated heterocycles. The molecular formula is C8H14F3NO. The van der Waals surface area contributed by atoms with Gasteiger partial charge in [0.1, 0.15) is 0 Å². The number of ether oxygens (including phenoxy) is 1. The Labute approximate surface area is 75.2 Å². The monoisotopic (exact) mass is 197 g/mol. The molecule has 0 heterocycles. The first kappa shape index (κ1) is 10.8. The third-order valence-corrected chi connectivity index (χ3v) is 2.12. The molecule has 0 spiro atoms. The second-order valence-electron chi connectivity index (χ2n) is 3.46. The summed E-state index contributed by atoms with van der Waals surface area (Å²) in [7, 11) is 0. The van der Waals surface area contributed by atoms with Gasteiger partial charge in [-0.15, -0.1) is 0 Å². The third-order valence-electron chi connectivity index (χ3n) is 2.12. The van der Waals surface area contributed by atoms with Gasteiger partial charge in [0.05, 0.1) is 12.5 Å². The highest BCUT2D eigenvalue weighted by Crippen LogP contribution is 2.30. The fourth-order valence-electron chi connectivity index (χ4n) is 0.958. The number of rotatable bonds is 5. The molecule has 0 radical (unpaired) electrons. The van der Waals surface area contributed by atoms with Crippen LogP contribution in [0.3, 0.4) is 0 Å². The maximum Gasteiger partial charge on any atom is 0.395 e. The zero-order valence-electron chi connectivity index (χ0n) is 7.31. The number of hydrogen-bond acceptors (Lipinski definition) is 2. The number of hydrogen-bond donors (Lipinski definition) is 1. The van der Waals surface area contributed by atoms with Gasteiger partial charge in [-0.25, -0.2) is 0 Å². The van der Waals surface area contributed by atoms with Gasteiger partial charge in [-0.3, -0.25) is 0 Å². The van der Waals surface area contributed by atoms with Crippen LogP contribution in [0, 0.1) is 11.8 Å². The molecule has 2 nitrogen and oxygen atoms in total. The zero-order chi connectivity index (χ0) is 9.90. The van der Waals surface area contributed by atoms with Crippen LogP contribution in [-0.4, -0.2) is 25.9 Å².